The highest BCUT2D eigenvalue weighted by Gasteiger charge is 2.22. The Morgan fingerprint density at radius 3 is 2.58 bits per heavy atom. The van der Waals surface area contributed by atoms with Crippen LogP contribution in [0.15, 0.2) is 28.1 Å². The fraction of sp³-hybridized carbons (Fsp3) is 0.154. The summed E-state index contributed by atoms with van der Waals surface area (Å²) in [6, 6.07) is 5.08. The van der Waals surface area contributed by atoms with Crippen molar-refractivity contribution in [3.8, 4) is 11.5 Å². The lowest BCUT2D eigenvalue weighted by atomic mass is 10.1. The minimum atomic E-state index is -0.175. The molecule has 0 unspecified atom stereocenters. The van der Waals surface area contributed by atoms with Crippen LogP contribution in [0, 0.1) is 0 Å². The van der Waals surface area contributed by atoms with Crippen molar-refractivity contribution in [2.75, 3.05) is 14.2 Å². The summed E-state index contributed by atoms with van der Waals surface area (Å²) in [7, 11) is 3.06. The van der Waals surface area contributed by atoms with Crippen LogP contribution in [-0.2, 0) is 0 Å². The maximum atomic E-state index is 12.5. The topological polar surface area (TPSA) is 35.5 Å². The van der Waals surface area contributed by atoms with Crippen LogP contribution in [0.2, 0.25) is 5.02 Å². The van der Waals surface area contributed by atoms with E-state index in [-0.39, 0.29) is 5.78 Å². The first-order valence-corrected chi connectivity index (χ1v) is 7.32. The lowest BCUT2D eigenvalue weighted by Gasteiger charge is -2.11. The van der Waals surface area contributed by atoms with Crippen molar-refractivity contribution in [3.63, 3.8) is 0 Å². The molecule has 2 rings (SSSR count). The van der Waals surface area contributed by atoms with Crippen LogP contribution < -0.4 is 9.47 Å². The van der Waals surface area contributed by atoms with E-state index < -0.39 is 0 Å². The van der Waals surface area contributed by atoms with Crippen molar-refractivity contribution >= 4 is 44.7 Å². The van der Waals surface area contributed by atoms with Gasteiger partial charge in [0.2, 0.25) is 5.78 Å². The molecule has 0 bridgehead atoms. The highest BCUT2D eigenvalue weighted by Crippen LogP contribution is 2.36. The second kappa shape index (κ2) is 5.94. The Morgan fingerprint density at radius 2 is 2.05 bits per heavy atom. The third-order valence-corrected chi connectivity index (χ3v) is 4.50. The fourth-order valence-corrected chi connectivity index (χ4v) is 3.31. The highest BCUT2D eigenvalue weighted by atomic mass is 79.9. The van der Waals surface area contributed by atoms with Crippen molar-refractivity contribution in [2.45, 2.75) is 0 Å². The van der Waals surface area contributed by atoms with Crippen molar-refractivity contribution in [3.05, 3.63) is 43.5 Å². The maximum Gasteiger partial charge on any atom is 0.209 e. The summed E-state index contributed by atoms with van der Waals surface area (Å²) >= 11 is 10.7. The number of methoxy groups -OCH3 is 2. The number of thiophene rings is 1. The Hall–Kier alpha value is -1.04. The van der Waals surface area contributed by atoms with Gasteiger partial charge in [0.15, 0.2) is 0 Å². The van der Waals surface area contributed by atoms with E-state index in [0.717, 1.165) is 0 Å². The molecule has 0 radical (unpaired) electrons. The number of hydrogen-bond acceptors (Lipinski definition) is 4. The number of benzene rings is 1. The van der Waals surface area contributed by atoms with Gasteiger partial charge in [-0.2, -0.15) is 0 Å². The van der Waals surface area contributed by atoms with Gasteiger partial charge in [0.25, 0.3) is 0 Å². The van der Waals surface area contributed by atoms with E-state index in [1.807, 2.05) is 0 Å². The van der Waals surface area contributed by atoms with Gasteiger partial charge >= 0.3 is 0 Å². The van der Waals surface area contributed by atoms with Gasteiger partial charge in [-0.15, -0.1) is 11.3 Å². The lowest BCUT2D eigenvalue weighted by molar-refractivity contribution is 0.103. The Bertz CT molecular complexity index is 624. The largest absolute Gasteiger partial charge is 0.497 e. The normalized spacial score (nSPS) is 10.3. The minimum absolute atomic E-state index is 0.175. The summed E-state index contributed by atoms with van der Waals surface area (Å²) in [4.78, 5) is 13.0. The van der Waals surface area contributed by atoms with Crippen molar-refractivity contribution in [1.29, 1.82) is 0 Å². The number of rotatable bonds is 4. The van der Waals surface area contributed by atoms with Gasteiger partial charge in [-0.3, -0.25) is 4.79 Å². The SMILES string of the molecule is COc1cc(Br)c(C(=O)c2sccc2Cl)c(OC)c1. The van der Waals surface area contributed by atoms with Gasteiger partial charge in [0.05, 0.1) is 29.7 Å². The van der Waals surface area contributed by atoms with Crippen LogP contribution in [0.3, 0.4) is 0 Å². The van der Waals surface area contributed by atoms with E-state index >= 15 is 0 Å². The van der Waals surface area contributed by atoms with E-state index in [1.54, 1.807) is 30.7 Å². The number of ketones is 1. The van der Waals surface area contributed by atoms with Gasteiger partial charge in [-0.25, -0.2) is 0 Å². The molecule has 0 aliphatic rings. The maximum absolute atomic E-state index is 12.5. The molecule has 0 N–H and O–H groups in total. The molecule has 1 heterocycles. The molecule has 0 spiro atoms. The van der Waals surface area contributed by atoms with Gasteiger partial charge in [-0.1, -0.05) is 11.6 Å². The first kappa shape index (κ1) is 14.4. The van der Waals surface area contributed by atoms with Crippen molar-refractivity contribution in [1.82, 2.24) is 0 Å². The zero-order valence-corrected chi connectivity index (χ0v) is 13.4. The van der Waals surface area contributed by atoms with E-state index in [2.05, 4.69) is 15.9 Å². The Kier molecular flexibility index (Phi) is 4.50. The first-order valence-electron chi connectivity index (χ1n) is 5.27. The number of carbonyl (C=O) groups excluding carboxylic acids is 1. The Morgan fingerprint density at radius 1 is 1.32 bits per heavy atom. The molecule has 0 saturated heterocycles. The summed E-state index contributed by atoms with van der Waals surface area (Å²) in [6.07, 6.45) is 0. The summed E-state index contributed by atoms with van der Waals surface area (Å²) < 4.78 is 11.0. The molecule has 0 aliphatic heterocycles. The van der Waals surface area contributed by atoms with Crippen molar-refractivity contribution in [2.24, 2.45) is 0 Å². The van der Waals surface area contributed by atoms with Crippen molar-refractivity contribution < 1.29 is 14.3 Å². The molecule has 0 saturated carbocycles. The van der Waals surface area contributed by atoms with E-state index in [0.29, 0.717) is 31.4 Å². The smallest absolute Gasteiger partial charge is 0.209 e. The van der Waals surface area contributed by atoms with E-state index in [4.69, 9.17) is 21.1 Å². The molecule has 6 heteroatoms. The molecular formula is C13H10BrClO3S. The average Bonchev–Trinajstić information content (AvgIpc) is 2.83. The van der Waals surface area contributed by atoms with Crippen LogP contribution in [0.25, 0.3) is 0 Å². The fourth-order valence-electron chi connectivity index (χ4n) is 1.63. The Labute approximate surface area is 128 Å². The number of carbonyl (C=O) groups is 1. The summed E-state index contributed by atoms with van der Waals surface area (Å²) in [6.45, 7) is 0. The minimum Gasteiger partial charge on any atom is -0.497 e. The molecule has 1 aromatic heterocycles. The predicted octanol–water partition coefficient (Wildman–Crippen LogP) is 4.41. The molecule has 0 fully saturated rings. The lowest BCUT2D eigenvalue weighted by Crippen LogP contribution is -2.04. The quantitative estimate of drug-likeness (QED) is 0.757. The summed E-state index contributed by atoms with van der Waals surface area (Å²) in [5, 5.41) is 2.22. The second-order valence-corrected chi connectivity index (χ2v) is 5.79. The predicted molar refractivity (Wildman–Crippen MR) is 80.0 cm³/mol. The van der Waals surface area contributed by atoms with Crippen LogP contribution in [0.5, 0.6) is 11.5 Å². The molecule has 2 aromatic rings. The summed E-state index contributed by atoms with van der Waals surface area (Å²) in [5.41, 5.74) is 0.438. The third kappa shape index (κ3) is 2.78. The molecule has 0 aliphatic carbocycles. The zero-order chi connectivity index (χ0) is 14.0. The molecular weight excluding hydrogens is 352 g/mol. The van der Waals surface area contributed by atoms with Gasteiger partial charge in [-0.05, 0) is 33.4 Å². The second-order valence-electron chi connectivity index (χ2n) is 3.61. The molecule has 3 nitrogen and oxygen atoms in total. The van der Waals surface area contributed by atoms with Crippen LogP contribution >= 0.6 is 38.9 Å². The zero-order valence-electron chi connectivity index (χ0n) is 10.2. The number of halogens is 2. The third-order valence-electron chi connectivity index (χ3n) is 2.53. The van der Waals surface area contributed by atoms with Crippen LogP contribution in [-0.4, -0.2) is 20.0 Å². The highest BCUT2D eigenvalue weighted by molar-refractivity contribution is 9.10. The van der Waals surface area contributed by atoms with Crippen LogP contribution in [0.1, 0.15) is 15.2 Å². The standard InChI is InChI=1S/C13H10BrClO3S/c1-17-7-5-8(14)11(10(6-7)18-2)12(16)13-9(15)3-4-19-13/h3-6H,1-2H3. The van der Waals surface area contributed by atoms with Gasteiger partial charge in [0.1, 0.15) is 11.5 Å². The molecule has 0 amide bonds. The Balaban J connectivity index is 2.56. The van der Waals surface area contributed by atoms with Gasteiger partial charge in [0, 0.05) is 10.5 Å². The van der Waals surface area contributed by atoms with E-state index in [9.17, 15) is 4.79 Å². The van der Waals surface area contributed by atoms with Crippen LogP contribution in [0.4, 0.5) is 0 Å². The molecule has 19 heavy (non-hydrogen) atoms. The number of hydrogen-bond donors (Lipinski definition) is 0. The molecule has 1 aromatic carbocycles. The number of ether oxygens (including phenoxy) is 2. The average molecular weight is 362 g/mol. The molecule has 100 valence electrons. The summed E-state index contributed by atoms with van der Waals surface area (Å²) in [5.74, 6) is 0.879. The van der Waals surface area contributed by atoms with Gasteiger partial charge < -0.3 is 9.47 Å². The molecule has 0 atom stereocenters. The first-order chi connectivity index (χ1) is 9.08. The van der Waals surface area contributed by atoms with E-state index in [1.165, 1.54) is 18.4 Å². The monoisotopic (exact) mass is 360 g/mol.